The molecule has 0 unspecified atom stereocenters. The van der Waals surface area contributed by atoms with Gasteiger partial charge in [-0.2, -0.15) is 18.3 Å². The molecule has 0 fully saturated rings. The maximum Gasteiger partial charge on any atom is 0.433 e. The average Bonchev–Trinajstić information content (AvgIpc) is 3.04. The van der Waals surface area contributed by atoms with Crippen molar-refractivity contribution in [2.75, 3.05) is 20.1 Å². The summed E-state index contributed by atoms with van der Waals surface area (Å²) < 4.78 is 38.4. The molecule has 10 heteroatoms. The third kappa shape index (κ3) is 5.75. The van der Waals surface area contributed by atoms with Gasteiger partial charge >= 0.3 is 6.18 Å². The number of rotatable bonds is 4. The van der Waals surface area contributed by atoms with Crippen LogP contribution in [0.5, 0.6) is 0 Å². The first-order chi connectivity index (χ1) is 10.7. The molecule has 2 aromatic heterocycles. The SMILES string of the molecule is CN(N)CCN.Cn1nc(-c2ccc(C=O)s2)cc1C(F)(F)F. The van der Waals surface area contributed by atoms with Crippen molar-refractivity contribution in [1.29, 1.82) is 0 Å². The van der Waals surface area contributed by atoms with E-state index < -0.39 is 11.9 Å². The van der Waals surface area contributed by atoms with Gasteiger partial charge in [0.15, 0.2) is 6.29 Å². The first-order valence-corrected chi connectivity index (χ1v) is 7.33. The second kappa shape index (κ2) is 8.20. The summed E-state index contributed by atoms with van der Waals surface area (Å²) in [6, 6.07) is 4.10. The molecule has 0 saturated heterocycles. The van der Waals surface area contributed by atoms with Crippen LogP contribution in [0.1, 0.15) is 15.4 Å². The van der Waals surface area contributed by atoms with E-state index in [1.807, 2.05) is 0 Å². The summed E-state index contributed by atoms with van der Waals surface area (Å²) in [7, 11) is 3.02. The monoisotopic (exact) mass is 349 g/mol. The van der Waals surface area contributed by atoms with Crippen molar-refractivity contribution in [3.8, 4) is 10.6 Å². The van der Waals surface area contributed by atoms with Gasteiger partial charge in [0.05, 0.1) is 9.75 Å². The summed E-state index contributed by atoms with van der Waals surface area (Å²) in [5.74, 6) is 5.16. The van der Waals surface area contributed by atoms with Crippen LogP contribution in [0.3, 0.4) is 0 Å². The van der Waals surface area contributed by atoms with Crippen LogP contribution in [-0.2, 0) is 13.2 Å². The van der Waals surface area contributed by atoms with Crippen LogP contribution >= 0.6 is 11.3 Å². The molecular formula is C13H18F3N5OS. The zero-order chi connectivity index (χ0) is 17.6. The van der Waals surface area contributed by atoms with E-state index >= 15 is 0 Å². The minimum atomic E-state index is -4.43. The molecule has 2 heterocycles. The Hall–Kier alpha value is -1.75. The lowest BCUT2D eigenvalue weighted by atomic mass is 10.3. The summed E-state index contributed by atoms with van der Waals surface area (Å²) in [5.41, 5.74) is 4.52. The molecule has 2 rings (SSSR count). The molecule has 23 heavy (non-hydrogen) atoms. The number of aryl methyl sites for hydroxylation is 1. The molecule has 0 aliphatic carbocycles. The second-order valence-electron chi connectivity index (χ2n) is 4.63. The van der Waals surface area contributed by atoms with Gasteiger partial charge in [-0.3, -0.25) is 15.3 Å². The molecule has 0 spiro atoms. The molecule has 0 aliphatic rings. The van der Waals surface area contributed by atoms with Gasteiger partial charge in [0, 0.05) is 27.2 Å². The number of halogens is 3. The Morgan fingerprint density at radius 1 is 1.43 bits per heavy atom. The minimum Gasteiger partial charge on any atom is -0.329 e. The number of aldehydes is 1. The van der Waals surface area contributed by atoms with Crippen molar-refractivity contribution in [2.45, 2.75) is 6.18 Å². The van der Waals surface area contributed by atoms with E-state index in [0.717, 1.165) is 28.6 Å². The lowest BCUT2D eigenvalue weighted by molar-refractivity contribution is -0.143. The third-order valence-corrected chi connectivity index (χ3v) is 3.68. The highest BCUT2D eigenvalue weighted by Gasteiger charge is 2.35. The van der Waals surface area contributed by atoms with Crippen molar-refractivity contribution in [3.05, 3.63) is 28.8 Å². The van der Waals surface area contributed by atoms with Gasteiger partial charge in [0.1, 0.15) is 11.4 Å². The van der Waals surface area contributed by atoms with Crippen molar-refractivity contribution in [3.63, 3.8) is 0 Å². The highest BCUT2D eigenvalue weighted by atomic mass is 32.1. The highest BCUT2D eigenvalue weighted by molar-refractivity contribution is 7.17. The molecule has 6 nitrogen and oxygen atoms in total. The number of carbonyl (C=O) groups excluding carboxylic acids is 1. The Morgan fingerprint density at radius 3 is 2.43 bits per heavy atom. The molecule has 128 valence electrons. The number of hydrogen-bond acceptors (Lipinski definition) is 6. The van der Waals surface area contributed by atoms with Gasteiger partial charge in [-0.15, -0.1) is 11.3 Å². The van der Waals surface area contributed by atoms with Crippen LogP contribution in [0.25, 0.3) is 10.6 Å². The van der Waals surface area contributed by atoms with Crippen LogP contribution in [0, 0.1) is 0 Å². The second-order valence-corrected chi connectivity index (χ2v) is 5.74. The predicted octanol–water partition coefficient (Wildman–Crippen LogP) is 1.73. The molecular weight excluding hydrogens is 331 g/mol. The largest absolute Gasteiger partial charge is 0.433 e. The summed E-state index contributed by atoms with van der Waals surface area (Å²) >= 11 is 1.11. The fourth-order valence-corrected chi connectivity index (χ4v) is 2.39. The lowest BCUT2D eigenvalue weighted by Gasteiger charge is -2.04. The van der Waals surface area contributed by atoms with Crippen LogP contribution < -0.4 is 11.6 Å². The molecule has 0 atom stereocenters. The summed E-state index contributed by atoms with van der Waals surface area (Å²) in [4.78, 5) is 11.5. The Kier molecular flexibility index (Phi) is 6.88. The van der Waals surface area contributed by atoms with Gasteiger partial charge in [0.2, 0.25) is 0 Å². The standard InChI is InChI=1S/C10H7F3N2OS.C3H11N3/c1-15-9(10(11,12)13)4-7(14-15)8-3-2-6(5-16)17-8;1-6(5)3-2-4/h2-5H,1H3;2-5H2,1H3. The fourth-order valence-electron chi connectivity index (χ4n) is 1.61. The minimum absolute atomic E-state index is 0.220. The van der Waals surface area contributed by atoms with Gasteiger partial charge in [0.25, 0.3) is 0 Å². The number of aromatic nitrogens is 2. The Morgan fingerprint density at radius 2 is 2.09 bits per heavy atom. The van der Waals surface area contributed by atoms with Crippen LogP contribution in [0.2, 0.25) is 0 Å². The average molecular weight is 349 g/mol. The summed E-state index contributed by atoms with van der Waals surface area (Å²) in [6.45, 7) is 1.40. The van der Waals surface area contributed by atoms with E-state index in [0.29, 0.717) is 22.6 Å². The Bertz CT molecular complexity index is 636. The number of carbonyl (C=O) groups is 1. The number of hydrogen-bond donors (Lipinski definition) is 2. The van der Waals surface area contributed by atoms with E-state index in [9.17, 15) is 18.0 Å². The number of nitrogens with zero attached hydrogens (tertiary/aromatic N) is 3. The van der Waals surface area contributed by atoms with Crippen LogP contribution in [0.4, 0.5) is 13.2 Å². The molecule has 0 saturated carbocycles. The number of alkyl halides is 3. The van der Waals surface area contributed by atoms with E-state index in [-0.39, 0.29) is 5.69 Å². The first kappa shape index (κ1) is 19.3. The number of hydrazine groups is 1. The molecule has 0 aromatic carbocycles. The molecule has 2 aromatic rings. The maximum atomic E-state index is 12.5. The van der Waals surface area contributed by atoms with Crippen molar-refractivity contribution in [2.24, 2.45) is 18.6 Å². The lowest BCUT2D eigenvalue weighted by Crippen LogP contribution is -2.31. The van der Waals surface area contributed by atoms with Gasteiger partial charge in [-0.25, -0.2) is 5.01 Å². The van der Waals surface area contributed by atoms with Gasteiger partial charge < -0.3 is 5.73 Å². The van der Waals surface area contributed by atoms with E-state index in [2.05, 4.69) is 5.10 Å². The normalized spacial score (nSPS) is 11.3. The fraction of sp³-hybridized carbons (Fsp3) is 0.385. The smallest absolute Gasteiger partial charge is 0.329 e. The molecule has 0 aliphatic heterocycles. The van der Waals surface area contributed by atoms with E-state index in [1.54, 1.807) is 24.2 Å². The van der Waals surface area contributed by atoms with E-state index in [1.165, 1.54) is 7.05 Å². The zero-order valence-corrected chi connectivity index (χ0v) is 13.5. The molecule has 4 N–H and O–H groups in total. The van der Waals surface area contributed by atoms with Crippen LogP contribution in [0.15, 0.2) is 18.2 Å². The topological polar surface area (TPSA) is 90.2 Å². The summed E-state index contributed by atoms with van der Waals surface area (Å²) in [5, 5.41) is 5.34. The van der Waals surface area contributed by atoms with Gasteiger partial charge in [-0.05, 0) is 18.2 Å². The maximum absolute atomic E-state index is 12.5. The highest BCUT2D eigenvalue weighted by Crippen LogP contribution is 2.33. The predicted molar refractivity (Wildman–Crippen MR) is 82.8 cm³/mol. The zero-order valence-electron chi connectivity index (χ0n) is 12.7. The Labute approximate surface area is 135 Å². The number of nitrogens with two attached hydrogens (primary N) is 2. The number of thiophene rings is 1. The molecule has 0 radical (unpaired) electrons. The summed E-state index contributed by atoms with van der Waals surface area (Å²) in [6.07, 6.45) is -3.77. The number of likely N-dealkylation sites (N-methyl/N-ethyl adjacent to an activating group) is 1. The van der Waals surface area contributed by atoms with Crippen molar-refractivity contribution in [1.82, 2.24) is 14.8 Å². The van der Waals surface area contributed by atoms with Crippen LogP contribution in [-0.4, -0.2) is 41.2 Å². The first-order valence-electron chi connectivity index (χ1n) is 6.51. The van der Waals surface area contributed by atoms with Crippen molar-refractivity contribution >= 4 is 17.6 Å². The third-order valence-electron chi connectivity index (χ3n) is 2.65. The van der Waals surface area contributed by atoms with Crippen molar-refractivity contribution < 1.29 is 18.0 Å². The van der Waals surface area contributed by atoms with Gasteiger partial charge in [-0.1, -0.05) is 0 Å². The molecule has 0 amide bonds. The molecule has 0 bridgehead atoms. The Balaban J connectivity index is 0.000000379. The van der Waals surface area contributed by atoms with E-state index in [4.69, 9.17) is 11.6 Å². The quantitative estimate of drug-likeness (QED) is 0.498.